The highest BCUT2D eigenvalue weighted by Gasteiger charge is 2.08. The number of aromatic nitrogens is 1. The Morgan fingerprint density at radius 2 is 2.19 bits per heavy atom. The number of anilines is 1. The van der Waals surface area contributed by atoms with Gasteiger partial charge in [0.15, 0.2) is 14.9 Å². The lowest BCUT2D eigenvalue weighted by atomic mass is 10.3. The van der Waals surface area contributed by atoms with Crippen LogP contribution in [0.2, 0.25) is 0 Å². The van der Waals surface area contributed by atoms with Gasteiger partial charge in [0.25, 0.3) is 0 Å². The fourth-order valence-corrected chi connectivity index (χ4v) is 1.82. The predicted octanol–water partition coefficient (Wildman–Crippen LogP) is 0.932. The van der Waals surface area contributed by atoms with Crippen molar-refractivity contribution < 1.29 is 13.2 Å². The molecule has 5 nitrogen and oxygen atoms in total. The van der Waals surface area contributed by atoms with E-state index in [4.69, 9.17) is 4.74 Å². The molecule has 16 heavy (non-hydrogen) atoms. The normalized spacial score (nSPS) is 13.4. The lowest BCUT2D eigenvalue weighted by Crippen LogP contribution is -2.20. The number of nitrogens with zero attached hydrogens (tertiary/aromatic N) is 1. The summed E-state index contributed by atoms with van der Waals surface area (Å²) in [6.07, 6.45) is 2.64. The summed E-state index contributed by atoms with van der Waals surface area (Å²) in [6.45, 7) is 2.54. The smallest absolute Gasteiger partial charge is 0.192 e. The Bertz CT molecular complexity index is 428. The fourth-order valence-electron chi connectivity index (χ4n) is 1.26. The molecule has 0 spiro atoms. The molecule has 6 heteroatoms. The van der Waals surface area contributed by atoms with Crippen LogP contribution in [-0.4, -0.2) is 39.4 Å². The predicted molar refractivity (Wildman–Crippen MR) is 62.3 cm³/mol. The Morgan fingerprint density at radius 3 is 2.62 bits per heavy atom. The molecular weight excluding hydrogens is 228 g/mol. The van der Waals surface area contributed by atoms with E-state index in [1.54, 1.807) is 13.2 Å². The van der Waals surface area contributed by atoms with E-state index in [0.717, 1.165) is 11.9 Å². The van der Waals surface area contributed by atoms with Gasteiger partial charge in [0, 0.05) is 19.4 Å². The maximum atomic E-state index is 11.2. The maximum absolute atomic E-state index is 11.2. The van der Waals surface area contributed by atoms with Crippen molar-refractivity contribution in [3.8, 4) is 0 Å². The first-order valence-corrected chi connectivity index (χ1v) is 6.74. The quantitative estimate of drug-likeness (QED) is 0.834. The first-order chi connectivity index (χ1) is 7.43. The number of sulfone groups is 1. The molecule has 1 aromatic rings. The molecule has 1 rings (SSSR count). The highest BCUT2D eigenvalue weighted by Crippen LogP contribution is 2.11. The molecule has 1 atom stereocenters. The van der Waals surface area contributed by atoms with Crippen LogP contribution < -0.4 is 5.32 Å². The second kappa shape index (κ2) is 5.27. The Kier molecular flexibility index (Phi) is 4.26. The summed E-state index contributed by atoms with van der Waals surface area (Å²) in [7, 11) is -1.59. The van der Waals surface area contributed by atoms with Crippen LogP contribution >= 0.6 is 0 Å². The van der Waals surface area contributed by atoms with Crippen molar-refractivity contribution in [2.75, 3.05) is 25.3 Å². The Hall–Kier alpha value is -1.14. The number of nitrogens with one attached hydrogen (secondary N) is 1. The average molecular weight is 244 g/mol. The second-order valence-electron chi connectivity index (χ2n) is 3.66. The van der Waals surface area contributed by atoms with Gasteiger partial charge < -0.3 is 10.1 Å². The van der Waals surface area contributed by atoms with Gasteiger partial charge in [0.1, 0.15) is 0 Å². The molecule has 1 N–H and O–H groups in total. The van der Waals surface area contributed by atoms with Crippen LogP contribution in [-0.2, 0) is 14.6 Å². The van der Waals surface area contributed by atoms with Crippen molar-refractivity contribution >= 4 is 15.5 Å². The van der Waals surface area contributed by atoms with Crippen LogP contribution in [0.5, 0.6) is 0 Å². The highest BCUT2D eigenvalue weighted by atomic mass is 32.2. The molecule has 1 aromatic heterocycles. The molecule has 0 saturated heterocycles. The van der Waals surface area contributed by atoms with E-state index in [9.17, 15) is 8.42 Å². The number of ether oxygens (including phenoxy) is 1. The van der Waals surface area contributed by atoms with Crippen LogP contribution in [0.1, 0.15) is 6.92 Å². The molecular formula is C10H16N2O3S. The molecule has 0 aliphatic carbocycles. The third-order valence-corrected chi connectivity index (χ3v) is 2.95. The molecule has 1 unspecified atom stereocenters. The summed E-state index contributed by atoms with van der Waals surface area (Å²) in [5.41, 5.74) is 0.775. The van der Waals surface area contributed by atoms with Gasteiger partial charge in [-0.3, -0.25) is 0 Å². The van der Waals surface area contributed by atoms with Gasteiger partial charge in [-0.15, -0.1) is 0 Å². The summed E-state index contributed by atoms with van der Waals surface area (Å²) in [6, 6.07) is 3.32. The molecule has 0 aromatic carbocycles. The van der Waals surface area contributed by atoms with Crippen molar-refractivity contribution in [3.63, 3.8) is 0 Å². The van der Waals surface area contributed by atoms with Gasteiger partial charge in [-0.2, -0.15) is 0 Å². The fraction of sp³-hybridized carbons (Fsp3) is 0.500. The molecule has 0 aliphatic heterocycles. The summed E-state index contributed by atoms with van der Waals surface area (Å²) in [5.74, 6) is 0. The van der Waals surface area contributed by atoms with E-state index in [2.05, 4.69) is 10.3 Å². The van der Waals surface area contributed by atoms with E-state index in [0.29, 0.717) is 6.61 Å². The van der Waals surface area contributed by atoms with E-state index < -0.39 is 9.84 Å². The van der Waals surface area contributed by atoms with Crippen molar-refractivity contribution in [1.82, 2.24) is 4.98 Å². The van der Waals surface area contributed by atoms with Crippen LogP contribution in [0.25, 0.3) is 0 Å². The molecule has 0 aliphatic rings. The van der Waals surface area contributed by atoms with Crippen molar-refractivity contribution in [2.45, 2.75) is 18.0 Å². The first kappa shape index (κ1) is 12.9. The van der Waals surface area contributed by atoms with E-state index in [-0.39, 0.29) is 11.1 Å². The lowest BCUT2D eigenvalue weighted by molar-refractivity contribution is 0.190. The van der Waals surface area contributed by atoms with Gasteiger partial charge in [0.2, 0.25) is 0 Å². The molecule has 0 amide bonds. The summed E-state index contributed by atoms with van der Waals surface area (Å²) < 4.78 is 27.3. The topological polar surface area (TPSA) is 68.3 Å². The van der Waals surface area contributed by atoms with Gasteiger partial charge >= 0.3 is 0 Å². The number of hydrogen-bond donors (Lipinski definition) is 1. The zero-order chi connectivity index (χ0) is 12.2. The molecule has 0 bridgehead atoms. The maximum Gasteiger partial charge on any atom is 0.192 e. The first-order valence-electron chi connectivity index (χ1n) is 4.85. The van der Waals surface area contributed by atoms with E-state index in [1.807, 2.05) is 6.92 Å². The van der Waals surface area contributed by atoms with Crippen molar-refractivity contribution in [1.29, 1.82) is 0 Å². The van der Waals surface area contributed by atoms with Crippen LogP contribution in [0.15, 0.2) is 23.4 Å². The van der Waals surface area contributed by atoms with Crippen molar-refractivity contribution in [3.05, 3.63) is 18.3 Å². The van der Waals surface area contributed by atoms with Crippen LogP contribution in [0.3, 0.4) is 0 Å². The zero-order valence-corrected chi connectivity index (χ0v) is 10.4. The molecule has 0 saturated carbocycles. The summed E-state index contributed by atoms with van der Waals surface area (Å²) in [4.78, 5) is 3.87. The van der Waals surface area contributed by atoms with E-state index in [1.165, 1.54) is 12.3 Å². The molecule has 0 radical (unpaired) electrons. The van der Waals surface area contributed by atoms with Crippen molar-refractivity contribution in [2.24, 2.45) is 0 Å². The lowest BCUT2D eigenvalue weighted by Gasteiger charge is -2.13. The summed E-state index contributed by atoms with van der Waals surface area (Å²) >= 11 is 0. The summed E-state index contributed by atoms with van der Waals surface area (Å²) in [5, 5.41) is 3.22. The van der Waals surface area contributed by atoms with Gasteiger partial charge in [0.05, 0.1) is 18.5 Å². The average Bonchev–Trinajstić information content (AvgIpc) is 2.17. The molecule has 90 valence electrons. The standard InChI is InChI=1S/C10H16N2O3S/c1-8(7-15-2)12-9-4-5-10(11-6-9)16(3,13)14/h4-6,8,12H,7H2,1-3H3. The Morgan fingerprint density at radius 1 is 1.50 bits per heavy atom. The van der Waals surface area contributed by atoms with Gasteiger partial charge in [-0.25, -0.2) is 13.4 Å². The van der Waals surface area contributed by atoms with Gasteiger partial charge in [-0.05, 0) is 19.1 Å². The minimum atomic E-state index is -3.22. The third kappa shape index (κ3) is 3.79. The zero-order valence-electron chi connectivity index (χ0n) is 9.60. The largest absolute Gasteiger partial charge is 0.383 e. The number of pyridine rings is 1. The minimum absolute atomic E-state index is 0.0810. The third-order valence-electron chi connectivity index (χ3n) is 1.95. The monoisotopic (exact) mass is 244 g/mol. The second-order valence-corrected chi connectivity index (χ2v) is 5.62. The van der Waals surface area contributed by atoms with Crippen LogP contribution in [0.4, 0.5) is 5.69 Å². The SMILES string of the molecule is COCC(C)Nc1ccc(S(C)(=O)=O)nc1. The molecule has 1 heterocycles. The number of rotatable bonds is 5. The Labute approximate surface area is 95.8 Å². The molecule has 0 fully saturated rings. The van der Waals surface area contributed by atoms with E-state index >= 15 is 0 Å². The highest BCUT2D eigenvalue weighted by molar-refractivity contribution is 7.90. The number of methoxy groups -OCH3 is 1. The van der Waals surface area contributed by atoms with Gasteiger partial charge in [-0.1, -0.05) is 0 Å². The Balaban J connectivity index is 2.72. The minimum Gasteiger partial charge on any atom is -0.383 e. The number of hydrogen-bond acceptors (Lipinski definition) is 5. The van der Waals surface area contributed by atoms with Crippen LogP contribution in [0, 0.1) is 0 Å².